The van der Waals surface area contributed by atoms with Crippen LogP contribution in [-0.4, -0.2) is 20.5 Å². The second-order valence-electron chi connectivity index (χ2n) is 7.33. The lowest BCUT2D eigenvalue weighted by molar-refractivity contribution is -0.116. The Morgan fingerprint density at radius 1 is 1.20 bits per heavy atom. The van der Waals surface area contributed by atoms with Crippen LogP contribution in [0.15, 0.2) is 65.0 Å². The number of carbonyl (C=O) groups excluding carboxylic acids is 1. The molecule has 0 radical (unpaired) electrons. The third kappa shape index (κ3) is 3.63. The molecule has 0 saturated heterocycles. The molecule has 0 bridgehead atoms. The molecule has 1 aliphatic heterocycles. The number of halogens is 2. The van der Waals surface area contributed by atoms with E-state index in [4.69, 9.17) is 16.7 Å². The molecule has 2 heterocycles. The fourth-order valence-corrected chi connectivity index (χ4v) is 4.89. The Balaban J connectivity index is 1.50. The number of hydrogen-bond acceptors (Lipinski definition) is 5. The first kappa shape index (κ1) is 19.3. The first-order valence-electron chi connectivity index (χ1n) is 9.71. The average molecular weight is 441 g/mol. The summed E-state index contributed by atoms with van der Waals surface area (Å²) in [6, 6.07) is 13.6. The van der Waals surface area contributed by atoms with Gasteiger partial charge in [-0.3, -0.25) is 4.79 Å². The largest absolute Gasteiger partial charge is 0.328 e. The van der Waals surface area contributed by atoms with Crippen molar-refractivity contribution in [2.75, 3.05) is 5.32 Å². The Morgan fingerprint density at radius 3 is 2.83 bits per heavy atom. The number of ketones is 1. The van der Waals surface area contributed by atoms with E-state index in [0.717, 1.165) is 35.2 Å². The lowest BCUT2D eigenvalue weighted by Crippen LogP contribution is -2.31. The molecule has 0 amide bonds. The van der Waals surface area contributed by atoms with Crippen molar-refractivity contribution in [3.05, 3.63) is 81.8 Å². The zero-order chi connectivity index (χ0) is 20.7. The minimum absolute atomic E-state index is 0.135. The van der Waals surface area contributed by atoms with E-state index < -0.39 is 0 Å². The van der Waals surface area contributed by atoms with Crippen molar-refractivity contribution in [3.8, 4) is 0 Å². The van der Waals surface area contributed by atoms with Gasteiger partial charge in [-0.15, -0.1) is 5.10 Å². The van der Waals surface area contributed by atoms with Crippen LogP contribution >= 0.6 is 23.4 Å². The Kier molecular flexibility index (Phi) is 5.08. The monoisotopic (exact) mass is 440 g/mol. The SMILES string of the molecule is O=C1CCCC2=C1[C@@H](c1cccc(Cl)c1)n1nc(SCc3ccc(F)cc3)nc1N2. The van der Waals surface area contributed by atoms with Crippen LogP contribution < -0.4 is 5.32 Å². The van der Waals surface area contributed by atoms with Crippen molar-refractivity contribution < 1.29 is 9.18 Å². The number of allylic oxidation sites excluding steroid dienone is 2. The van der Waals surface area contributed by atoms with Gasteiger partial charge in [-0.2, -0.15) is 4.98 Å². The lowest BCUT2D eigenvalue weighted by Gasteiger charge is -2.32. The molecule has 2 aromatic carbocycles. The van der Waals surface area contributed by atoms with Gasteiger partial charge in [-0.05, 0) is 48.2 Å². The molecule has 0 spiro atoms. The predicted molar refractivity (Wildman–Crippen MR) is 115 cm³/mol. The van der Waals surface area contributed by atoms with Crippen LogP contribution in [0.3, 0.4) is 0 Å². The van der Waals surface area contributed by atoms with Crippen LogP contribution in [0, 0.1) is 5.82 Å². The second kappa shape index (κ2) is 7.89. The number of hydrogen-bond donors (Lipinski definition) is 1. The van der Waals surface area contributed by atoms with E-state index in [1.165, 1.54) is 23.9 Å². The van der Waals surface area contributed by atoms with Gasteiger partial charge in [0.2, 0.25) is 11.1 Å². The van der Waals surface area contributed by atoms with E-state index in [1.54, 1.807) is 16.8 Å². The van der Waals surface area contributed by atoms with Gasteiger partial charge in [0, 0.05) is 28.5 Å². The predicted octanol–water partition coefficient (Wildman–Crippen LogP) is 5.38. The first-order valence-corrected chi connectivity index (χ1v) is 11.1. The number of rotatable bonds is 4. The summed E-state index contributed by atoms with van der Waals surface area (Å²) in [4.78, 5) is 17.5. The quantitative estimate of drug-likeness (QED) is 0.551. The summed E-state index contributed by atoms with van der Waals surface area (Å²) < 4.78 is 14.9. The average Bonchev–Trinajstić information content (AvgIpc) is 3.14. The topological polar surface area (TPSA) is 59.8 Å². The van der Waals surface area contributed by atoms with E-state index in [9.17, 15) is 9.18 Å². The van der Waals surface area contributed by atoms with Gasteiger partial charge in [0.25, 0.3) is 0 Å². The summed E-state index contributed by atoms with van der Waals surface area (Å²) in [6.07, 6.45) is 2.17. The zero-order valence-corrected chi connectivity index (χ0v) is 17.5. The van der Waals surface area contributed by atoms with Gasteiger partial charge in [0.1, 0.15) is 11.9 Å². The van der Waals surface area contributed by atoms with Crippen molar-refractivity contribution in [2.24, 2.45) is 0 Å². The van der Waals surface area contributed by atoms with E-state index in [2.05, 4.69) is 10.3 Å². The van der Waals surface area contributed by atoms with Crippen molar-refractivity contribution in [3.63, 3.8) is 0 Å². The minimum Gasteiger partial charge on any atom is -0.328 e. The summed E-state index contributed by atoms with van der Waals surface area (Å²) in [5.41, 5.74) is 3.57. The molecule has 8 heteroatoms. The number of benzene rings is 2. The van der Waals surface area contributed by atoms with Gasteiger partial charge >= 0.3 is 0 Å². The van der Waals surface area contributed by atoms with Gasteiger partial charge < -0.3 is 5.32 Å². The Hall–Kier alpha value is -2.64. The molecule has 5 nitrogen and oxygen atoms in total. The van der Waals surface area contributed by atoms with Crippen LogP contribution in [0.2, 0.25) is 5.02 Å². The van der Waals surface area contributed by atoms with Crippen molar-refractivity contribution in [1.29, 1.82) is 0 Å². The fourth-order valence-electron chi connectivity index (χ4n) is 3.91. The van der Waals surface area contributed by atoms with Crippen LogP contribution in [0.1, 0.15) is 36.4 Å². The number of fused-ring (bicyclic) bond motifs is 1. The summed E-state index contributed by atoms with van der Waals surface area (Å²) in [7, 11) is 0. The molecule has 0 saturated carbocycles. The number of Topliss-reactive ketones (excluding diaryl/α,β-unsaturated/α-hetero) is 1. The van der Waals surface area contributed by atoms with Crippen molar-refractivity contribution >= 4 is 35.1 Å². The molecule has 5 rings (SSSR count). The van der Waals surface area contributed by atoms with E-state index in [-0.39, 0.29) is 17.6 Å². The molecular weight excluding hydrogens is 423 g/mol. The van der Waals surface area contributed by atoms with Crippen LogP contribution in [0.5, 0.6) is 0 Å². The molecule has 0 fully saturated rings. The smallest absolute Gasteiger partial charge is 0.227 e. The molecular formula is C22H18ClFN4OS. The maximum Gasteiger partial charge on any atom is 0.227 e. The molecule has 1 N–H and O–H groups in total. The third-order valence-corrected chi connectivity index (χ3v) is 6.44. The van der Waals surface area contributed by atoms with Gasteiger partial charge in [-0.25, -0.2) is 9.07 Å². The maximum atomic E-state index is 13.1. The molecule has 1 aromatic heterocycles. The second-order valence-corrected chi connectivity index (χ2v) is 8.71. The molecule has 1 atom stereocenters. The fraction of sp³-hybridized carbons (Fsp3) is 0.227. The molecule has 2 aliphatic rings. The van der Waals surface area contributed by atoms with Gasteiger partial charge in [0.15, 0.2) is 5.78 Å². The number of anilines is 1. The summed E-state index contributed by atoms with van der Waals surface area (Å²) in [6.45, 7) is 0. The standard InChI is InChI=1S/C22H18ClFN4OS/c23-15-4-1-3-14(11-15)20-19-17(5-2-6-18(19)29)25-21-26-22(27-28(20)21)30-12-13-7-9-16(24)10-8-13/h1,3-4,7-11,20H,2,5-6,12H2,(H,25,26,27)/t20-/m1/s1. The van der Waals surface area contributed by atoms with Crippen LogP contribution in [0.25, 0.3) is 0 Å². The number of thioether (sulfide) groups is 1. The molecule has 1 aliphatic carbocycles. The molecule has 3 aromatic rings. The summed E-state index contributed by atoms with van der Waals surface area (Å²) >= 11 is 7.72. The zero-order valence-electron chi connectivity index (χ0n) is 15.9. The molecule has 152 valence electrons. The summed E-state index contributed by atoms with van der Waals surface area (Å²) in [5.74, 6) is 1.12. The van der Waals surface area contributed by atoms with Crippen LogP contribution in [-0.2, 0) is 10.5 Å². The Morgan fingerprint density at radius 2 is 2.03 bits per heavy atom. The van der Waals surface area contributed by atoms with E-state index in [0.29, 0.717) is 28.3 Å². The highest BCUT2D eigenvalue weighted by molar-refractivity contribution is 7.98. The van der Waals surface area contributed by atoms with Crippen molar-refractivity contribution in [1.82, 2.24) is 14.8 Å². The number of carbonyl (C=O) groups is 1. The third-order valence-electron chi connectivity index (χ3n) is 5.29. The summed E-state index contributed by atoms with van der Waals surface area (Å²) in [5, 5.41) is 9.23. The highest BCUT2D eigenvalue weighted by atomic mass is 35.5. The Bertz CT molecular complexity index is 1160. The van der Waals surface area contributed by atoms with E-state index >= 15 is 0 Å². The lowest BCUT2D eigenvalue weighted by atomic mass is 9.85. The minimum atomic E-state index is -0.351. The normalized spacial score (nSPS) is 18.1. The molecule has 30 heavy (non-hydrogen) atoms. The number of aromatic nitrogens is 3. The van der Waals surface area contributed by atoms with Crippen molar-refractivity contribution in [2.45, 2.75) is 36.2 Å². The highest BCUT2D eigenvalue weighted by Crippen LogP contribution is 2.41. The molecule has 0 unspecified atom stereocenters. The van der Waals surface area contributed by atoms with E-state index in [1.807, 2.05) is 24.3 Å². The number of nitrogens with zero attached hydrogens (tertiary/aromatic N) is 3. The Labute approximate surface area is 182 Å². The van der Waals surface area contributed by atoms with Gasteiger partial charge in [0.05, 0.1) is 0 Å². The first-order chi connectivity index (χ1) is 14.6. The van der Waals surface area contributed by atoms with Gasteiger partial charge in [-0.1, -0.05) is 47.6 Å². The number of nitrogens with one attached hydrogen (secondary N) is 1. The van der Waals surface area contributed by atoms with Crippen LogP contribution in [0.4, 0.5) is 10.3 Å². The maximum absolute atomic E-state index is 13.1. The highest BCUT2D eigenvalue weighted by Gasteiger charge is 2.36.